The second-order valence-corrected chi connectivity index (χ2v) is 14.2. The first-order chi connectivity index (χ1) is 25.8. The van der Waals surface area contributed by atoms with Gasteiger partial charge in [-0.2, -0.15) is 0 Å². The summed E-state index contributed by atoms with van der Waals surface area (Å²) < 4.78 is 4.76. The quantitative estimate of drug-likeness (QED) is 0.174. The van der Waals surface area contributed by atoms with Crippen LogP contribution in [0.3, 0.4) is 0 Å². The lowest BCUT2D eigenvalue weighted by molar-refractivity contribution is 1.08. The first kappa shape index (κ1) is 29.1. The van der Waals surface area contributed by atoms with Gasteiger partial charge in [-0.15, -0.1) is 11.3 Å². The van der Waals surface area contributed by atoms with E-state index in [0.717, 1.165) is 49.6 Å². The molecule has 0 atom stereocenters. The van der Waals surface area contributed by atoms with Crippen LogP contribution in [0.4, 0.5) is 0 Å². The van der Waals surface area contributed by atoms with Gasteiger partial charge in [0.2, 0.25) is 0 Å². The molecule has 0 amide bonds. The van der Waals surface area contributed by atoms with Gasteiger partial charge < -0.3 is 4.57 Å². The summed E-state index contributed by atoms with van der Waals surface area (Å²) in [6, 6.07) is 60.2. The summed E-state index contributed by atoms with van der Waals surface area (Å²) in [6.07, 6.45) is 0. The van der Waals surface area contributed by atoms with E-state index in [2.05, 4.69) is 174 Å². The highest BCUT2D eigenvalue weighted by Crippen LogP contribution is 2.41. The van der Waals surface area contributed by atoms with E-state index in [1.54, 1.807) is 11.3 Å². The maximum Gasteiger partial charge on any atom is 0.165 e. The molecule has 52 heavy (non-hydrogen) atoms. The summed E-state index contributed by atoms with van der Waals surface area (Å²) in [4.78, 5) is 15.9. The van der Waals surface area contributed by atoms with Gasteiger partial charge in [0, 0.05) is 58.7 Å². The van der Waals surface area contributed by atoms with Gasteiger partial charge in [0.05, 0.1) is 11.0 Å². The summed E-state index contributed by atoms with van der Waals surface area (Å²) in [5, 5.41) is 9.48. The topological polar surface area (TPSA) is 43.6 Å². The molecule has 3 heterocycles. The smallest absolute Gasteiger partial charge is 0.165 e. The Morgan fingerprint density at radius 2 is 1.04 bits per heavy atom. The number of para-hydroxylation sites is 2. The van der Waals surface area contributed by atoms with Crippen molar-refractivity contribution < 1.29 is 0 Å². The van der Waals surface area contributed by atoms with E-state index in [4.69, 9.17) is 15.0 Å². The maximum absolute atomic E-state index is 5.31. The van der Waals surface area contributed by atoms with Gasteiger partial charge in [0.1, 0.15) is 0 Å². The van der Waals surface area contributed by atoms with Crippen molar-refractivity contribution in [3.8, 4) is 39.9 Å². The van der Waals surface area contributed by atoms with Gasteiger partial charge in [0.25, 0.3) is 0 Å². The van der Waals surface area contributed by atoms with E-state index in [1.165, 1.54) is 36.3 Å². The van der Waals surface area contributed by atoms with Crippen molar-refractivity contribution in [2.24, 2.45) is 0 Å². The fraction of sp³-hybridized carbons (Fsp3) is 0. The van der Waals surface area contributed by atoms with Gasteiger partial charge in [-0.1, -0.05) is 121 Å². The zero-order valence-corrected chi connectivity index (χ0v) is 28.7. The normalized spacial score (nSPS) is 11.8. The first-order valence-corrected chi connectivity index (χ1v) is 18.3. The van der Waals surface area contributed by atoms with Crippen LogP contribution in [0.2, 0.25) is 0 Å². The van der Waals surface area contributed by atoms with Crippen LogP contribution in [0.5, 0.6) is 0 Å². The van der Waals surface area contributed by atoms with E-state index < -0.39 is 0 Å². The number of hydrogen-bond donors (Lipinski definition) is 0. The van der Waals surface area contributed by atoms with Crippen molar-refractivity contribution in [1.82, 2.24) is 19.5 Å². The number of benzene rings is 8. The lowest BCUT2D eigenvalue weighted by Crippen LogP contribution is -2.01. The van der Waals surface area contributed by atoms with E-state index in [9.17, 15) is 0 Å². The molecule has 0 fully saturated rings. The fourth-order valence-electron chi connectivity index (χ4n) is 7.88. The molecule has 11 rings (SSSR count). The zero-order chi connectivity index (χ0) is 34.2. The lowest BCUT2D eigenvalue weighted by atomic mass is 9.97. The molecule has 0 saturated heterocycles. The minimum Gasteiger partial charge on any atom is -0.309 e. The average Bonchev–Trinajstić information content (AvgIpc) is 3.76. The lowest BCUT2D eigenvalue weighted by Gasteiger charge is -2.12. The summed E-state index contributed by atoms with van der Waals surface area (Å²) in [5.74, 6) is 1.97. The van der Waals surface area contributed by atoms with Crippen LogP contribution in [-0.4, -0.2) is 19.5 Å². The van der Waals surface area contributed by atoms with Crippen LogP contribution >= 0.6 is 11.3 Å². The molecule has 0 N–H and O–H groups in total. The second-order valence-electron chi connectivity index (χ2n) is 13.2. The van der Waals surface area contributed by atoms with Gasteiger partial charge in [-0.05, 0) is 64.7 Å². The molecule has 0 spiro atoms. The fourth-order valence-corrected chi connectivity index (χ4v) is 9.09. The van der Waals surface area contributed by atoms with Crippen LogP contribution < -0.4 is 0 Å². The summed E-state index contributed by atoms with van der Waals surface area (Å²) in [5.41, 5.74) is 6.38. The summed E-state index contributed by atoms with van der Waals surface area (Å²) in [7, 11) is 0. The Balaban J connectivity index is 1.20. The van der Waals surface area contributed by atoms with Crippen molar-refractivity contribution in [3.05, 3.63) is 170 Å². The monoisotopic (exact) mass is 680 g/mol. The van der Waals surface area contributed by atoms with Crippen molar-refractivity contribution in [2.75, 3.05) is 0 Å². The Morgan fingerprint density at radius 3 is 1.94 bits per heavy atom. The Kier molecular flexibility index (Phi) is 6.39. The van der Waals surface area contributed by atoms with Crippen LogP contribution in [-0.2, 0) is 0 Å². The van der Waals surface area contributed by atoms with E-state index in [1.807, 2.05) is 0 Å². The Bertz CT molecular complexity index is 3190. The SMILES string of the molecule is c1ccc(-n2c3ccccc3c3cc(-c4nc(-c5cccc6c5sc5ccccc56)nc(-c5cccc6ccc7ccccc7c56)n4)ccc32)cc1. The molecule has 0 radical (unpaired) electrons. The molecule has 0 aliphatic rings. The van der Waals surface area contributed by atoms with Crippen LogP contribution in [0.15, 0.2) is 170 Å². The number of nitrogens with zero attached hydrogens (tertiary/aromatic N) is 4. The molecule has 0 bridgehead atoms. The van der Waals surface area contributed by atoms with E-state index >= 15 is 0 Å². The minimum atomic E-state index is 0.647. The van der Waals surface area contributed by atoms with Crippen LogP contribution in [0, 0.1) is 0 Å². The Labute approximate surface area is 302 Å². The van der Waals surface area contributed by atoms with Crippen LogP contribution in [0.1, 0.15) is 0 Å². The molecular weight excluding hydrogens is 653 g/mol. The summed E-state index contributed by atoms with van der Waals surface area (Å²) in [6.45, 7) is 0. The van der Waals surface area contributed by atoms with Gasteiger partial charge in [0.15, 0.2) is 17.5 Å². The molecule has 0 aliphatic carbocycles. The number of aromatic nitrogens is 4. The second kappa shape index (κ2) is 11.4. The predicted octanol–water partition coefficient (Wildman–Crippen LogP) is 12.6. The molecule has 11 aromatic rings. The maximum atomic E-state index is 5.31. The van der Waals surface area contributed by atoms with E-state index in [-0.39, 0.29) is 0 Å². The molecule has 8 aromatic carbocycles. The number of hydrogen-bond acceptors (Lipinski definition) is 4. The highest BCUT2D eigenvalue weighted by atomic mass is 32.1. The molecule has 0 unspecified atom stereocenters. The minimum absolute atomic E-state index is 0.647. The molecule has 3 aromatic heterocycles. The first-order valence-electron chi connectivity index (χ1n) is 17.5. The molecule has 242 valence electrons. The molecule has 4 nitrogen and oxygen atoms in total. The van der Waals surface area contributed by atoms with Gasteiger partial charge >= 0.3 is 0 Å². The molecule has 0 aliphatic heterocycles. The van der Waals surface area contributed by atoms with Crippen molar-refractivity contribution in [2.45, 2.75) is 0 Å². The molecule has 5 heteroatoms. The van der Waals surface area contributed by atoms with Gasteiger partial charge in [-0.3, -0.25) is 0 Å². The third kappa shape index (κ3) is 4.43. The number of fused-ring (bicyclic) bond motifs is 9. The third-order valence-electron chi connectivity index (χ3n) is 10.2. The van der Waals surface area contributed by atoms with Crippen LogP contribution in [0.25, 0.3) is 103 Å². The largest absolute Gasteiger partial charge is 0.309 e. The van der Waals surface area contributed by atoms with Crippen molar-refractivity contribution in [1.29, 1.82) is 0 Å². The molecular formula is C47H28N4S. The number of thiophene rings is 1. The van der Waals surface area contributed by atoms with Gasteiger partial charge in [-0.25, -0.2) is 15.0 Å². The highest BCUT2D eigenvalue weighted by molar-refractivity contribution is 7.26. The standard InChI is InChI=1S/C47H28N4S/c1-2-14-32(15-3-1)51-40-22-8-6-17-34(40)39-28-31(26-27-41(39)51)45-48-46(37-20-10-13-30-25-24-29-12-4-5-16-33(29)43(30)37)50-47(49-45)38-21-11-19-36-35-18-7-9-23-42(35)52-44(36)38/h1-28H. The third-order valence-corrected chi connectivity index (χ3v) is 11.5. The number of rotatable bonds is 4. The average molecular weight is 681 g/mol. The van der Waals surface area contributed by atoms with Crippen molar-refractivity contribution in [3.63, 3.8) is 0 Å². The summed E-state index contributed by atoms with van der Waals surface area (Å²) >= 11 is 1.79. The predicted molar refractivity (Wildman–Crippen MR) is 218 cm³/mol. The Morgan fingerprint density at radius 1 is 0.404 bits per heavy atom. The molecule has 0 saturated carbocycles. The van der Waals surface area contributed by atoms with E-state index in [0.29, 0.717) is 17.5 Å². The Hall–Kier alpha value is -6.69. The zero-order valence-electron chi connectivity index (χ0n) is 27.9. The highest BCUT2D eigenvalue weighted by Gasteiger charge is 2.20. The van der Waals surface area contributed by atoms with Crippen molar-refractivity contribution >= 4 is 74.9 Å².